The van der Waals surface area contributed by atoms with Crippen molar-refractivity contribution in [1.82, 2.24) is 9.55 Å². The predicted octanol–water partition coefficient (Wildman–Crippen LogP) is 2.98. The zero-order chi connectivity index (χ0) is 12.5. The first-order chi connectivity index (χ1) is 8.74. The minimum Gasteiger partial charge on any atom is -0.369 e. The molecule has 2 aromatic carbocycles. The lowest BCUT2D eigenvalue weighted by molar-refractivity contribution is 0.816. The average Bonchev–Trinajstić information content (AvgIpc) is 2.68. The summed E-state index contributed by atoms with van der Waals surface area (Å²) < 4.78 is 1.98. The Hall–Kier alpha value is -2.29. The van der Waals surface area contributed by atoms with Crippen LogP contribution in [0.25, 0.3) is 10.8 Å². The molecular formula is C15H15N3. The molecular weight excluding hydrogens is 222 g/mol. The third-order valence-corrected chi connectivity index (χ3v) is 3.15. The smallest absolute Gasteiger partial charge is 0.200 e. The molecule has 1 heterocycles. The van der Waals surface area contributed by atoms with Gasteiger partial charge in [-0.05, 0) is 23.3 Å². The quantitative estimate of drug-likeness (QED) is 0.744. The van der Waals surface area contributed by atoms with Gasteiger partial charge in [0, 0.05) is 6.20 Å². The number of rotatable bonds is 2. The van der Waals surface area contributed by atoms with Crippen molar-refractivity contribution < 1.29 is 0 Å². The second kappa shape index (κ2) is 4.18. The largest absolute Gasteiger partial charge is 0.369 e. The standard InChI is InChI=1S/C15H15N3/c1-11-9-18(15(16)17-11)10-13-7-4-6-12-5-2-3-8-14(12)13/h2-9H,10H2,1H3,(H2,16,17). The highest BCUT2D eigenvalue weighted by molar-refractivity contribution is 5.85. The van der Waals surface area contributed by atoms with E-state index in [0.29, 0.717) is 5.95 Å². The summed E-state index contributed by atoms with van der Waals surface area (Å²) in [6.07, 6.45) is 1.98. The molecule has 0 aliphatic carbocycles. The molecule has 3 nitrogen and oxygen atoms in total. The monoisotopic (exact) mass is 237 g/mol. The molecule has 0 saturated heterocycles. The number of nitrogen functional groups attached to an aromatic ring is 1. The van der Waals surface area contributed by atoms with Crippen LogP contribution >= 0.6 is 0 Å². The van der Waals surface area contributed by atoms with Gasteiger partial charge in [0.25, 0.3) is 0 Å². The van der Waals surface area contributed by atoms with Gasteiger partial charge in [0.2, 0.25) is 5.95 Å². The summed E-state index contributed by atoms with van der Waals surface area (Å²) in [5, 5.41) is 2.52. The lowest BCUT2D eigenvalue weighted by atomic mass is 10.0. The lowest BCUT2D eigenvalue weighted by Gasteiger charge is -2.08. The van der Waals surface area contributed by atoms with E-state index >= 15 is 0 Å². The molecule has 0 radical (unpaired) electrons. The Kier molecular flexibility index (Phi) is 2.52. The summed E-state index contributed by atoms with van der Waals surface area (Å²) in [5.74, 6) is 0.570. The van der Waals surface area contributed by atoms with E-state index in [1.165, 1.54) is 16.3 Å². The zero-order valence-corrected chi connectivity index (χ0v) is 10.3. The number of aryl methyl sites for hydroxylation is 1. The Morgan fingerprint density at radius 3 is 2.67 bits per heavy atom. The fraction of sp³-hybridized carbons (Fsp3) is 0.133. The van der Waals surface area contributed by atoms with Crippen LogP contribution in [-0.2, 0) is 6.54 Å². The van der Waals surface area contributed by atoms with Crippen LogP contribution in [0.4, 0.5) is 5.95 Å². The van der Waals surface area contributed by atoms with Crippen LogP contribution in [0, 0.1) is 6.92 Å². The molecule has 0 unspecified atom stereocenters. The Morgan fingerprint density at radius 2 is 1.89 bits per heavy atom. The Morgan fingerprint density at radius 1 is 1.11 bits per heavy atom. The third-order valence-electron chi connectivity index (χ3n) is 3.15. The topological polar surface area (TPSA) is 43.8 Å². The number of hydrogen-bond acceptors (Lipinski definition) is 2. The summed E-state index contributed by atoms with van der Waals surface area (Å²) in [5.41, 5.74) is 8.10. The van der Waals surface area contributed by atoms with Crippen molar-refractivity contribution in [2.75, 3.05) is 5.73 Å². The maximum Gasteiger partial charge on any atom is 0.200 e. The van der Waals surface area contributed by atoms with E-state index in [-0.39, 0.29) is 0 Å². The summed E-state index contributed by atoms with van der Waals surface area (Å²) in [4.78, 5) is 4.23. The van der Waals surface area contributed by atoms with Crippen LogP contribution in [0.15, 0.2) is 48.7 Å². The second-order valence-corrected chi connectivity index (χ2v) is 4.51. The average molecular weight is 237 g/mol. The van der Waals surface area contributed by atoms with E-state index in [1.807, 2.05) is 17.7 Å². The SMILES string of the molecule is Cc1cn(Cc2cccc3ccccc23)c(N)n1. The van der Waals surface area contributed by atoms with Gasteiger partial charge in [0.1, 0.15) is 0 Å². The van der Waals surface area contributed by atoms with E-state index in [9.17, 15) is 0 Å². The molecule has 0 fully saturated rings. The van der Waals surface area contributed by atoms with Crippen LogP contribution in [0.3, 0.4) is 0 Å². The van der Waals surface area contributed by atoms with E-state index in [1.54, 1.807) is 0 Å². The molecule has 2 N–H and O–H groups in total. The highest BCUT2D eigenvalue weighted by atomic mass is 15.1. The number of nitrogens with two attached hydrogens (primary N) is 1. The number of nitrogens with zero attached hydrogens (tertiary/aromatic N) is 2. The Balaban J connectivity index is 2.07. The van der Waals surface area contributed by atoms with Crippen LogP contribution in [0.1, 0.15) is 11.3 Å². The number of anilines is 1. The van der Waals surface area contributed by atoms with Crippen molar-refractivity contribution >= 4 is 16.7 Å². The molecule has 0 aliphatic heterocycles. The molecule has 0 aliphatic rings. The van der Waals surface area contributed by atoms with Crippen molar-refractivity contribution in [1.29, 1.82) is 0 Å². The van der Waals surface area contributed by atoms with Gasteiger partial charge in [-0.15, -0.1) is 0 Å². The Bertz CT molecular complexity index is 693. The molecule has 0 saturated carbocycles. The summed E-state index contributed by atoms with van der Waals surface area (Å²) in [7, 11) is 0. The number of hydrogen-bond donors (Lipinski definition) is 1. The molecule has 0 spiro atoms. The van der Waals surface area contributed by atoms with Crippen molar-refractivity contribution in [3.8, 4) is 0 Å². The van der Waals surface area contributed by atoms with Gasteiger partial charge < -0.3 is 10.3 Å². The molecule has 0 amide bonds. The number of fused-ring (bicyclic) bond motifs is 1. The maximum atomic E-state index is 5.89. The van der Waals surface area contributed by atoms with E-state index in [0.717, 1.165) is 12.2 Å². The highest BCUT2D eigenvalue weighted by Crippen LogP contribution is 2.20. The van der Waals surface area contributed by atoms with E-state index in [4.69, 9.17) is 5.73 Å². The molecule has 0 bridgehead atoms. The van der Waals surface area contributed by atoms with Crippen molar-refractivity contribution in [3.05, 3.63) is 59.9 Å². The molecule has 3 rings (SSSR count). The number of benzene rings is 2. The van der Waals surface area contributed by atoms with Crippen molar-refractivity contribution in [3.63, 3.8) is 0 Å². The van der Waals surface area contributed by atoms with Gasteiger partial charge in [0.15, 0.2) is 0 Å². The van der Waals surface area contributed by atoms with Crippen molar-refractivity contribution in [2.45, 2.75) is 13.5 Å². The second-order valence-electron chi connectivity index (χ2n) is 4.51. The minimum atomic E-state index is 0.570. The van der Waals surface area contributed by atoms with Crippen molar-refractivity contribution in [2.24, 2.45) is 0 Å². The van der Waals surface area contributed by atoms with Gasteiger partial charge >= 0.3 is 0 Å². The fourth-order valence-electron chi connectivity index (χ4n) is 2.31. The lowest BCUT2D eigenvalue weighted by Crippen LogP contribution is -2.03. The number of imidazole rings is 1. The first-order valence-corrected chi connectivity index (χ1v) is 6.00. The maximum absolute atomic E-state index is 5.89. The normalized spacial score (nSPS) is 10.9. The molecule has 3 aromatic rings. The molecule has 90 valence electrons. The minimum absolute atomic E-state index is 0.570. The predicted molar refractivity (Wildman–Crippen MR) is 74.4 cm³/mol. The van der Waals surface area contributed by atoms with Crippen LogP contribution in [-0.4, -0.2) is 9.55 Å². The molecule has 3 heteroatoms. The van der Waals surface area contributed by atoms with Gasteiger partial charge in [-0.1, -0.05) is 42.5 Å². The highest BCUT2D eigenvalue weighted by Gasteiger charge is 2.05. The summed E-state index contributed by atoms with van der Waals surface area (Å²) >= 11 is 0. The van der Waals surface area contributed by atoms with E-state index < -0.39 is 0 Å². The summed E-state index contributed by atoms with van der Waals surface area (Å²) in [6.45, 7) is 2.71. The summed E-state index contributed by atoms with van der Waals surface area (Å²) in [6, 6.07) is 14.7. The zero-order valence-electron chi connectivity index (χ0n) is 10.3. The first-order valence-electron chi connectivity index (χ1n) is 6.00. The van der Waals surface area contributed by atoms with Gasteiger partial charge in [-0.25, -0.2) is 4.98 Å². The van der Waals surface area contributed by atoms with E-state index in [2.05, 4.69) is 47.4 Å². The molecule has 1 aromatic heterocycles. The van der Waals surface area contributed by atoms with Gasteiger partial charge in [-0.2, -0.15) is 0 Å². The fourth-order valence-corrected chi connectivity index (χ4v) is 2.31. The van der Waals surface area contributed by atoms with Crippen LogP contribution in [0.2, 0.25) is 0 Å². The van der Waals surface area contributed by atoms with Gasteiger partial charge in [0.05, 0.1) is 12.2 Å². The third kappa shape index (κ3) is 1.84. The van der Waals surface area contributed by atoms with Gasteiger partial charge in [-0.3, -0.25) is 0 Å². The van der Waals surface area contributed by atoms with Crippen LogP contribution in [0.5, 0.6) is 0 Å². The first kappa shape index (κ1) is 10.8. The molecule has 0 atom stereocenters. The molecule has 18 heavy (non-hydrogen) atoms. The Labute approximate surface area is 106 Å². The van der Waals surface area contributed by atoms with Crippen LogP contribution < -0.4 is 5.73 Å². The number of aromatic nitrogens is 2.